The predicted octanol–water partition coefficient (Wildman–Crippen LogP) is 3.21. The Morgan fingerprint density at radius 3 is 1.60 bits per heavy atom. The molecule has 0 bridgehead atoms. The van der Waals surface area contributed by atoms with E-state index < -0.39 is 0 Å². The van der Waals surface area contributed by atoms with E-state index in [0.717, 1.165) is 15.2 Å². The zero-order valence-corrected chi connectivity index (χ0v) is 7.90. The van der Waals surface area contributed by atoms with Gasteiger partial charge in [0.15, 0.2) is 0 Å². The molecular formula is C6H14AlN3. The topological polar surface area (TPSA) is 58.7 Å². The van der Waals surface area contributed by atoms with Gasteiger partial charge in [0.2, 0.25) is 0 Å². The van der Waals surface area contributed by atoms with Crippen LogP contribution in [0.4, 0.5) is 0 Å². The molecule has 0 aliphatic carbocycles. The fourth-order valence-electron chi connectivity index (χ4n) is 0.553. The van der Waals surface area contributed by atoms with Gasteiger partial charge in [-0.15, -0.1) is 0 Å². The minimum Gasteiger partial charge on any atom is -0.373 e. The van der Waals surface area contributed by atoms with Crippen molar-refractivity contribution in [3.8, 4) is 0 Å². The van der Waals surface area contributed by atoms with Crippen LogP contribution < -0.4 is 0 Å². The Morgan fingerprint density at radius 1 is 1.10 bits per heavy atom. The zero-order valence-electron chi connectivity index (χ0n) is 6.75. The molecule has 56 valence electrons. The van der Waals surface area contributed by atoms with Crippen LogP contribution in [-0.2, 0) is 0 Å². The molecule has 0 aromatic rings. The van der Waals surface area contributed by atoms with Crippen LogP contribution in [0.1, 0.15) is 26.7 Å². The fourth-order valence-corrected chi connectivity index (χ4v) is 1.66. The Kier molecular flexibility index (Phi) is 19.9. The molecule has 0 rings (SSSR count). The van der Waals surface area contributed by atoms with Gasteiger partial charge in [-0.3, -0.25) is 4.91 Å². The molecule has 0 unspecified atom stereocenters. The average Bonchev–Trinajstić information content (AvgIpc) is 1.91. The molecule has 0 radical (unpaired) electrons. The third-order valence-electron chi connectivity index (χ3n) is 0.986. The van der Waals surface area contributed by atoms with E-state index in [-0.39, 0.29) is 0 Å². The van der Waals surface area contributed by atoms with Gasteiger partial charge in [0.05, 0.1) is 0 Å². The van der Waals surface area contributed by atoms with Crippen molar-refractivity contribution in [2.45, 2.75) is 37.3 Å². The first kappa shape index (κ1) is 12.5. The predicted molar refractivity (Wildman–Crippen MR) is 46.0 cm³/mol. The van der Waals surface area contributed by atoms with Gasteiger partial charge in [-0.25, -0.2) is 0 Å². The van der Waals surface area contributed by atoms with E-state index in [1.807, 2.05) is 0 Å². The van der Waals surface area contributed by atoms with Crippen LogP contribution in [0.3, 0.4) is 0 Å². The van der Waals surface area contributed by atoms with Gasteiger partial charge in [0.25, 0.3) is 0 Å². The third-order valence-corrected chi connectivity index (χ3v) is 2.96. The van der Waals surface area contributed by atoms with Crippen molar-refractivity contribution in [1.82, 2.24) is 0 Å². The standard InChI is InChI=1S/2C3H7.Al.N3/c2*1-3-2;;1-3-2/h2*1,3H2,2H3;;/q;;+1;-1. The Hall–Kier alpha value is -0.158. The van der Waals surface area contributed by atoms with Crippen molar-refractivity contribution in [3.05, 3.63) is 16.0 Å². The fraction of sp³-hybridized carbons (Fsp3) is 1.00. The van der Waals surface area contributed by atoms with Gasteiger partial charge in [0.1, 0.15) is 0 Å². The second-order valence-corrected chi connectivity index (χ2v) is 3.69. The van der Waals surface area contributed by atoms with Crippen molar-refractivity contribution in [2.75, 3.05) is 0 Å². The molecule has 0 aliphatic heterocycles. The largest absolute Gasteiger partial charge is 0.373 e. The minimum absolute atomic E-state index is 0.822. The van der Waals surface area contributed by atoms with E-state index in [9.17, 15) is 0 Å². The van der Waals surface area contributed by atoms with Crippen LogP contribution in [-0.4, -0.2) is 15.2 Å². The van der Waals surface area contributed by atoms with E-state index >= 15 is 0 Å². The van der Waals surface area contributed by atoms with E-state index in [0.29, 0.717) is 0 Å². The van der Waals surface area contributed by atoms with Crippen molar-refractivity contribution in [2.24, 2.45) is 0 Å². The molecule has 3 nitrogen and oxygen atoms in total. The van der Waals surface area contributed by atoms with Gasteiger partial charge >= 0.3 is 52.5 Å². The van der Waals surface area contributed by atoms with Crippen LogP contribution in [0.2, 0.25) is 10.6 Å². The number of rotatable bonds is 4. The summed E-state index contributed by atoms with van der Waals surface area (Å²) >= 11 is 0.822. The summed E-state index contributed by atoms with van der Waals surface area (Å²) in [6.07, 6.45) is 2.80. The van der Waals surface area contributed by atoms with Crippen LogP contribution in [0.5, 0.6) is 0 Å². The first-order chi connectivity index (χ1) is 4.83. The van der Waals surface area contributed by atoms with Crippen molar-refractivity contribution < 1.29 is 0 Å². The molecule has 0 aliphatic rings. The van der Waals surface area contributed by atoms with Crippen LogP contribution >= 0.6 is 0 Å². The summed E-state index contributed by atoms with van der Waals surface area (Å²) in [5.41, 5.74) is 13.5. The summed E-state index contributed by atoms with van der Waals surface area (Å²) in [5.74, 6) is 0. The van der Waals surface area contributed by atoms with Crippen LogP contribution in [0, 0.1) is 0 Å². The molecule has 0 spiro atoms. The van der Waals surface area contributed by atoms with Crippen molar-refractivity contribution >= 4 is 15.2 Å². The molecule has 0 saturated heterocycles. The number of nitrogens with zero attached hydrogens (tertiary/aromatic N) is 3. The monoisotopic (exact) mass is 155 g/mol. The van der Waals surface area contributed by atoms with Crippen LogP contribution in [0.25, 0.3) is 16.0 Å². The summed E-state index contributed by atoms with van der Waals surface area (Å²) < 4.78 is 0. The smallest absolute Gasteiger partial charge is 0.255 e. The Morgan fingerprint density at radius 2 is 1.40 bits per heavy atom. The van der Waals surface area contributed by atoms with E-state index in [1.165, 1.54) is 28.3 Å². The summed E-state index contributed by atoms with van der Waals surface area (Å²) in [7, 11) is 0. The molecule has 4 heteroatoms. The quantitative estimate of drug-likeness (QED) is 0.197. The molecule has 0 atom stereocenters. The van der Waals surface area contributed by atoms with E-state index in [4.69, 9.17) is 11.1 Å². The van der Waals surface area contributed by atoms with Gasteiger partial charge in [0, 0.05) is 0 Å². The Bertz CT molecular complexity index is 75.1. The number of hydrogen-bond acceptors (Lipinski definition) is 0. The first-order valence-electron chi connectivity index (χ1n) is 3.63. The maximum Gasteiger partial charge on any atom is -0.255 e. The maximum atomic E-state index is 6.75. The number of hydrogen-bond donors (Lipinski definition) is 0. The molecule has 0 amide bonds. The molecule has 0 heterocycles. The van der Waals surface area contributed by atoms with Gasteiger partial charge in [-0.05, 0) is 0 Å². The van der Waals surface area contributed by atoms with Crippen LogP contribution in [0.15, 0.2) is 0 Å². The van der Waals surface area contributed by atoms with Gasteiger partial charge in [-0.2, -0.15) is 0 Å². The zero-order chi connectivity index (χ0) is 8.24. The molecule has 0 aromatic heterocycles. The molecule has 0 N–H and O–H groups in total. The first-order valence-corrected chi connectivity index (χ1v) is 5.26. The van der Waals surface area contributed by atoms with E-state index in [1.54, 1.807) is 0 Å². The summed E-state index contributed by atoms with van der Waals surface area (Å²) in [4.78, 5) is 1.50. The maximum absolute atomic E-state index is 6.75. The summed E-state index contributed by atoms with van der Waals surface area (Å²) in [6, 6.07) is 0. The van der Waals surface area contributed by atoms with Gasteiger partial charge < -0.3 is 11.1 Å². The molecule has 0 fully saturated rings. The minimum atomic E-state index is 0.822. The van der Waals surface area contributed by atoms with Crippen molar-refractivity contribution in [1.29, 1.82) is 0 Å². The SMILES string of the molecule is CC[CH2][Al+][CH2]CC.[N-]=[N+]=[N-]. The van der Waals surface area contributed by atoms with E-state index in [2.05, 4.69) is 13.8 Å². The Balaban J connectivity index is 0. The molecular weight excluding hydrogens is 141 g/mol. The summed E-state index contributed by atoms with van der Waals surface area (Å²) in [6.45, 7) is 4.53. The third kappa shape index (κ3) is 24.9. The summed E-state index contributed by atoms with van der Waals surface area (Å²) in [5, 5.41) is 3.02. The van der Waals surface area contributed by atoms with Gasteiger partial charge in [-0.1, -0.05) is 0 Å². The van der Waals surface area contributed by atoms with Crippen molar-refractivity contribution in [3.63, 3.8) is 0 Å². The molecule has 0 aromatic carbocycles. The molecule has 10 heavy (non-hydrogen) atoms. The Labute approximate surface area is 68.9 Å². The second-order valence-electron chi connectivity index (χ2n) is 1.96. The average molecular weight is 155 g/mol. The molecule has 0 saturated carbocycles. The second kappa shape index (κ2) is 15.9. The normalized spacial score (nSPS) is 6.60.